The van der Waals surface area contributed by atoms with E-state index in [-0.39, 0.29) is 5.97 Å². The number of allylic oxidation sites excluding steroid dienone is 2. The molecule has 24 heavy (non-hydrogen) atoms. The highest BCUT2D eigenvalue weighted by Gasteiger charge is 2.20. The molecule has 1 aliphatic rings. The number of carbonyl (C=O) groups is 1. The molecule has 5 heteroatoms. The van der Waals surface area contributed by atoms with Crippen LogP contribution in [0, 0.1) is 0 Å². The van der Waals surface area contributed by atoms with Crippen molar-refractivity contribution in [2.75, 3.05) is 6.61 Å². The average Bonchev–Trinajstić information content (AvgIpc) is 3.00. The first kappa shape index (κ1) is 17.0. The number of nitrogens with zero attached hydrogens (tertiary/aromatic N) is 2. The molecule has 0 N–H and O–H groups in total. The van der Waals surface area contributed by atoms with Gasteiger partial charge in [-0.3, -0.25) is 4.79 Å². The molecular weight excluding hydrogens is 368 g/mol. The molecule has 0 saturated heterocycles. The molecule has 1 aliphatic carbocycles. The highest BCUT2D eigenvalue weighted by molar-refractivity contribution is 9.10. The number of carbonyl (C=O) groups excluding carboxylic acids is 1. The van der Waals surface area contributed by atoms with Gasteiger partial charge in [0.25, 0.3) is 0 Å². The van der Waals surface area contributed by atoms with Crippen molar-refractivity contribution in [3.63, 3.8) is 0 Å². The summed E-state index contributed by atoms with van der Waals surface area (Å²) in [4.78, 5) is 11.5. The van der Waals surface area contributed by atoms with E-state index in [1.165, 1.54) is 16.8 Å². The first-order valence-electron chi connectivity index (χ1n) is 8.37. The third kappa shape index (κ3) is 3.78. The number of esters is 1. The summed E-state index contributed by atoms with van der Waals surface area (Å²) in [6, 6.07) is 8.15. The van der Waals surface area contributed by atoms with Crippen LogP contribution in [-0.2, 0) is 16.0 Å². The SMILES string of the molecule is CCOC(=O)CC/C=C1\CCCc2cnn(-c3cccc(Br)c3)c21. The predicted molar refractivity (Wildman–Crippen MR) is 98.0 cm³/mol. The standard InChI is InChI=1S/C19H21BrN2O2/c1-2-24-18(23)11-4-7-14-6-3-8-15-13-21-22(19(14)15)17-10-5-9-16(20)12-17/h5,7,9-10,12-13H,2-4,6,8,11H2,1H3/b14-7+. The zero-order valence-corrected chi connectivity index (χ0v) is 15.4. The highest BCUT2D eigenvalue weighted by atomic mass is 79.9. The molecule has 1 heterocycles. The van der Waals surface area contributed by atoms with Gasteiger partial charge in [-0.2, -0.15) is 5.10 Å². The van der Waals surface area contributed by atoms with Crippen molar-refractivity contribution in [3.05, 3.63) is 52.3 Å². The minimum absolute atomic E-state index is 0.133. The summed E-state index contributed by atoms with van der Waals surface area (Å²) in [5.41, 5.74) is 4.79. The van der Waals surface area contributed by atoms with Crippen LogP contribution in [0.4, 0.5) is 0 Å². The van der Waals surface area contributed by atoms with E-state index < -0.39 is 0 Å². The van der Waals surface area contributed by atoms with Gasteiger partial charge in [-0.05, 0) is 61.9 Å². The summed E-state index contributed by atoms with van der Waals surface area (Å²) in [6.45, 7) is 2.27. The van der Waals surface area contributed by atoms with Crippen molar-refractivity contribution < 1.29 is 9.53 Å². The van der Waals surface area contributed by atoms with Gasteiger partial charge in [0, 0.05) is 10.9 Å². The van der Waals surface area contributed by atoms with E-state index in [0.29, 0.717) is 19.4 Å². The third-order valence-electron chi connectivity index (χ3n) is 4.14. The first-order valence-corrected chi connectivity index (χ1v) is 9.16. The molecule has 1 aromatic heterocycles. The van der Waals surface area contributed by atoms with Crippen LogP contribution in [0.2, 0.25) is 0 Å². The molecule has 0 radical (unpaired) electrons. The first-order chi connectivity index (χ1) is 11.7. The fourth-order valence-corrected chi connectivity index (χ4v) is 3.48. The molecule has 0 aliphatic heterocycles. The summed E-state index contributed by atoms with van der Waals surface area (Å²) in [5.74, 6) is -0.133. The zero-order valence-electron chi connectivity index (χ0n) is 13.8. The summed E-state index contributed by atoms with van der Waals surface area (Å²) in [6.07, 6.45) is 8.48. The monoisotopic (exact) mass is 388 g/mol. The molecular formula is C19H21BrN2O2. The molecule has 126 valence electrons. The molecule has 0 bridgehead atoms. The minimum Gasteiger partial charge on any atom is -0.466 e. The number of hydrogen-bond acceptors (Lipinski definition) is 3. The lowest BCUT2D eigenvalue weighted by Gasteiger charge is -2.18. The number of ether oxygens (including phenoxy) is 1. The average molecular weight is 389 g/mol. The lowest BCUT2D eigenvalue weighted by atomic mass is 9.92. The molecule has 0 unspecified atom stereocenters. The van der Waals surface area contributed by atoms with Crippen molar-refractivity contribution in [1.82, 2.24) is 9.78 Å². The van der Waals surface area contributed by atoms with Crippen LogP contribution in [0.25, 0.3) is 11.3 Å². The maximum Gasteiger partial charge on any atom is 0.306 e. The number of aromatic nitrogens is 2. The van der Waals surface area contributed by atoms with Crippen LogP contribution in [0.3, 0.4) is 0 Å². The Bertz CT molecular complexity index is 764. The Balaban J connectivity index is 1.86. The Kier molecular flexibility index (Phi) is 5.51. The second-order valence-corrected chi connectivity index (χ2v) is 6.75. The van der Waals surface area contributed by atoms with E-state index in [2.05, 4.69) is 39.2 Å². The molecule has 0 spiro atoms. The van der Waals surface area contributed by atoms with Crippen LogP contribution < -0.4 is 0 Å². The van der Waals surface area contributed by atoms with E-state index >= 15 is 0 Å². The molecule has 3 rings (SSSR count). The van der Waals surface area contributed by atoms with Gasteiger partial charge >= 0.3 is 5.97 Å². The molecule has 0 saturated carbocycles. The Labute approximate surface area is 150 Å². The van der Waals surface area contributed by atoms with Gasteiger partial charge in [-0.15, -0.1) is 0 Å². The van der Waals surface area contributed by atoms with Crippen LogP contribution in [-0.4, -0.2) is 22.4 Å². The van der Waals surface area contributed by atoms with Crippen molar-refractivity contribution in [3.8, 4) is 5.69 Å². The second kappa shape index (κ2) is 7.79. The third-order valence-corrected chi connectivity index (χ3v) is 4.63. The maximum absolute atomic E-state index is 11.5. The quantitative estimate of drug-likeness (QED) is 0.697. The number of halogens is 1. The van der Waals surface area contributed by atoms with E-state index in [4.69, 9.17) is 4.74 Å². The summed E-state index contributed by atoms with van der Waals surface area (Å²) >= 11 is 3.52. The number of aryl methyl sites for hydroxylation is 1. The Morgan fingerprint density at radius 1 is 1.42 bits per heavy atom. The molecule has 0 fully saturated rings. The van der Waals surface area contributed by atoms with Crippen LogP contribution in [0.15, 0.2) is 41.0 Å². The molecule has 0 amide bonds. The van der Waals surface area contributed by atoms with Gasteiger partial charge in [-0.1, -0.05) is 28.1 Å². The number of rotatable bonds is 5. The van der Waals surface area contributed by atoms with Gasteiger partial charge in [0.05, 0.1) is 24.2 Å². The lowest BCUT2D eigenvalue weighted by molar-refractivity contribution is -0.142. The van der Waals surface area contributed by atoms with Crippen molar-refractivity contribution in [2.45, 2.75) is 39.0 Å². The largest absolute Gasteiger partial charge is 0.466 e. The summed E-state index contributed by atoms with van der Waals surface area (Å²) in [5, 5.41) is 4.60. The van der Waals surface area contributed by atoms with Gasteiger partial charge in [-0.25, -0.2) is 4.68 Å². The second-order valence-electron chi connectivity index (χ2n) is 5.84. The van der Waals surface area contributed by atoms with E-state index in [1.807, 2.05) is 29.9 Å². The van der Waals surface area contributed by atoms with E-state index in [0.717, 1.165) is 29.4 Å². The summed E-state index contributed by atoms with van der Waals surface area (Å²) in [7, 11) is 0. The van der Waals surface area contributed by atoms with Crippen LogP contribution in [0.5, 0.6) is 0 Å². The van der Waals surface area contributed by atoms with Gasteiger partial charge in [0.1, 0.15) is 0 Å². The normalized spacial score (nSPS) is 15.3. The van der Waals surface area contributed by atoms with Crippen LogP contribution in [0.1, 0.15) is 43.9 Å². The lowest BCUT2D eigenvalue weighted by Crippen LogP contribution is -2.08. The summed E-state index contributed by atoms with van der Waals surface area (Å²) < 4.78 is 8.05. The van der Waals surface area contributed by atoms with E-state index in [9.17, 15) is 4.79 Å². The molecule has 1 aromatic carbocycles. The number of hydrogen-bond donors (Lipinski definition) is 0. The zero-order chi connectivity index (χ0) is 16.9. The smallest absolute Gasteiger partial charge is 0.306 e. The number of benzene rings is 1. The highest BCUT2D eigenvalue weighted by Crippen LogP contribution is 2.33. The fraction of sp³-hybridized carbons (Fsp3) is 0.368. The molecule has 4 nitrogen and oxygen atoms in total. The fourth-order valence-electron chi connectivity index (χ4n) is 3.10. The minimum atomic E-state index is -0.133. The Morgan fingerprint density at radius 3 is 3.08 bits per heavy atom. The van der Waals surface area contributed by atoms with Crippen molar-refractivity contribution >= 4 is 27.5 Å². The predicted octanol–water partition coefficient (Wildman–Crippen LogP) is 4.70. The Hall–Kier alpha value is -1.88. The number of fused-ring (bicyclic) bond motifs is 1. The van der Waals surface area contributed by atoms with E-state index in [1.54, 1.807) is 0 Å². The van der Waals surface area contributed by atoms with Gasteiger partial charge < -0.3 is 4.74 Å². The Morgan fingerprint density at radius 2 is 2.29 bits per heavy atom. The molecule has 2 aromatic rings. The van der Waals surface area contributed by atoms with Crippen molar-refractivity contribution in [1.29, 1.82) is 0 Å². The van der Waals surface area contributed by atoms with Crippen molar-refractivity contribution in [2.24, 2.45) is 0 Å². The van der Waals surface area contributed by atoms with Gasteiger partial charge in [0.15, 0.2) is 0 Å². The van der Waals surface area contributed by atoms with Gasteiger partial charge in [0.2, 0.25) is 0 Å². The topological polar surface area (TPSA) is 44.1 Å². The molecule has 0 atom stereocenters. The maximum atomic E-state index is 11.5. The van der Waals surface area contributed by atoms with Crippen LogP contribution >= 0.6 is 15.9 Å².